The van der Waals surface area contributed by atoms with Gasteiger partial charge in [0, 0.05) is 32.8 Å². The number of benzene rings is 1. The number of carbonyl (C=O) groups excluding carboxylic acids is 2. The lowest BCUT2D eigenvalue weighted by atomic mass is 10.2. The highest BCUT2D eigenvalue weighted by Crippen LogP contribution is 2.16. The lowest BCUT2D eigenvalue weighted by molar-refractivity contribution is -0.128. The molecule has 1 unspecified atom stereocenters. The summed E-state index contributed by atoms with van der Waals surface area (Å²) in [7, 11) is 1.69. The fraction of sp³-hybridized carbons (Fsp3) is 0.312. The Morgan fingerprint density at radius 2 is 2.26 bits per heavy atom. The van der Waals surface area contributed by atoms with Crippen LogP contribution in [0.3, 0.4) is 0 Å². The van der Waals surface area contributed by atoms with Gasteiger partial charge in [-0.25, -0.2) is 4.39 Å². The van der Waals surface area contributed by atoms with Gasteiger partial charge in [-0.1, -0.05) is 12.1 Å². The minimum absolute atomic E-state index is 0.0513. The Balaban J connectivity index is 1.61. The van der Waals surface area contributed by atoms with Crippen LogP contribution in [0.15, 0.2) is 36.5 Å². The van der Waals surface area contributed by atoms with Crippen molar-refractivity contribution in [3.63, 3.8) is 0 Å². The molecule has 6 nitrogen and oxygen atoms in total. The molecule has 0 bridgehead atoms. The third kappa shape index (κ3) is 3.39. The number of amides is 2. The molecule has 2 amide bonds. The van der Waals surface area contributed by atoms with Gasteiger partial charge in [0.15, 0.2) is 0 Å². The molecule has 1 aromatic carbocycles. The van der Waals surface area contributed by atoms with Crippen LogP contribution in [0.1, 0.15) is 22.5 Å². The van der Waals surface area contributed by atoms with E-state index >= 15 is 0 Å². The van der Waals surface area contributed by atoms with Gasteiger partial charge in [-0.2, -0.15) is 5.10 Å². The highest BCUT2D eigenvalue weighted by molar-refractivity contribution is 5.93. The van der Waals surface area contributed by atoms with Gasteiger partial charge in [0.05, 0.1) is 6.04 Å². The van der Waals surface area contributed by atoms with E-state index in [1.54, 1.807) is 36.3 Å². The van der Waals surface area contributed by atoms with Crippen molar-refractivity contribution < 1.29 is 14.0 Å². The van der Waals surface area contributed by atoms with Crippen LogP contribution < -0.4 is 5.32 Å². The highest BCUT2D eigenvalue weighted by Gasteiger charge is 2.31. The Morgan fingerprint density at radius 3 is 2.96 bits per heavy atom. The number of carbonyl (C=O) groups is 2. The maximum Gasteiger partial charge on any atom is 0.269 e. The van der Waals surface area contributed by atoms with Gasteiger partial charge < -0.3 is 10.2 Å². The van der Waals surface area contributed by atoms with E-state index in [0.29, 0.717) is 18.8 Å². The number of aromatic nitrogens is 2. The number of nitrogens with one attached hydrogen (secondary N) is 1. The lowest BCUT2D eigenvalue weighted by Gasteiger charge is -2.17. The van der Waals surface area contributed by atoms with Gasteiger partial charge in [0.2, 0.25) is 5.91 Å². The Labute approximate surface area is 132 Å². The first-order chi connectivity index (χ1) is 11.0. The molecule has 120 valence electrons. The number of rotatable bonds is 4. The van der Waals surface area contributed by atoms with E-state index in [2.05, 4.69) is 10.4 Å². The van der Waals surface area contributed by atoms with E-state index in [0.717, 1.165) is 5.56 Å². The molecule has 1 fully saturated rings. The van der Waals surface area contributed by atoms with Crippen LogP contribution in [-0.4, -0.2) is 39.1 Å². The summed E-state index contributed by atoms with van der Waals surface area (Å²) in [5.41, 5.74) is 1.18. The largest absolute Gasteiger partial charge is 0.346 e. The first kappa shape index (κ1) is 15.2. The molecule has 2 heterocycles. The summed E-state index contributed by atoms with van der Waals surface area (Å²) in [6.07, 6.45) is 1.80. The molecule has 2 aromatic rings. The van der Waals surface area contributed by atoms with Crippen molar-refractivity contribution >= 4 is 11.8 Å². The van der Waals surface area contributed by atoms with Crippen LogP contribution in [0.4, 0.5) is 4.39 Å². The molecule has 1 aliphatic rings. The molecule has 1 atom stereocenters. The highest BCUT2D eigenvalue weighted by atomic mass is 19.1. The molecule has 0 radical (unpaired) electrons. The number of nitrogens with zero attached hydrogens (tertiary/aromatic N) is 3. The minimum atomic E-state index is -0.324. The number of aryl methyl sites for hydroxylation is 1. The zero-order valence-corrected chi connectivity index (χ0v) is 12.7. The average Bonchev–Trinajstić information content (AvgIpc) is 3.05. The summed E-state index contributed by atoms with van der Waals surface area (Å²) >= 11 is 0. The molecule has 23 heavy (non-hydrogen) atoms. The number of hydrogen-bond acceptors (Lipinski definition) is 3. The molecule has 0 aliphatic carbocycles. The molecular weight excluding hydrogens is 299 g/mol. The van der Waals surface area contributed by atoms with Crippen molar-refractivity contribution in [1.82, 2.24) is 20.0 Å². The number of hydrogen-bond donors (Lipinski definition) is 1. The summed E-state index contributed by atoms with van der Waals surface area (Å²) in [5, 5.41) is 6.79. The predicted octanol–water partition coefficient (Wildman–Crippen LogP) is 1.09. The van der Waals surface area contributed by atoms with Crippen LogP contribution >= 0.6 is 0 Å². The molecule has 0 saturated carbocycles. The first-order valence-corrected chi connectivity index (χ1v) is 7.34. The van der Waals surface area contributed by atoms with Gasteiger partial charge in [0.1, 0.15) is 11.5 Å². The van der Waals surface area contributed by atoms with E-state index in [1.807, 2.05) is 0 Å². The van der Waals surface area contributed by atoms with Crippen molar-refractivity contribution in [3.8, 4) is 0 Å². The van der Waals surface area contributed by atoms with Crippen molar-refractivity contribution in [2.75, 3.05) is 6.54 Å². The van der Waals surface area contributed by atoms with E-state index < -0.39 is 0 Å². The van der Waals surface area contributed by atoms with Crippen LogP contribution in [0, 0.1) is 5.82 Å². The van der Waals surface area contributed by atoms with Gasteiger partial charge in [-0.05, 0) is 23.8 Å². The zero-order chi connectivity index (χ0) is 16.4. The van der Waals surface area contributed by atoms with E-state index in [4.69, 9.17) is 0 Å². The normalized spacial score (nSPS) is 17.6. The zero-order valence-electron chi connectivity index (χ0n) is 12.7. The summed E-state index contributed by atoms with van der Waals surface area (Å²) in [6.45, 7) is 0.758. The molecule has 1 aromatic heterocycles. The molecule has 3 rings (SSSR count). The Bertz CT molecular complexity index is 743. The maximum atomic E-state index is 13.2. The monoisotopic (exact) mass is 316 g/mol. The van der Waals surface area contributed by atoms with E-state index in [9.17, 15) is 14.0 Å². The van der Waals surface area contributed by atoms with Crippen LogP contribution in [0.5, 0.6) is 0 Å². The fourth-order valence-electron chi connectivity index (χ4n) is 2.73. The molecule has 7 heteroatoms. The predicted molar refractivity (Wildman–Crippen MR) is 80.9 cm³/mol. The molecule has 0 spiro atoms. The first-order valence-electron chi connectivity index (χ1n) is 7.34. The molecule has 1 aliphatic heterocycles. The second kappa shape index (κ2) is 6.20. The van der Waals surface area contributed by atoms with Crippen molar-refractivity contribution in [2.24, 2.45) is 7.05 Å². The average molecular weight is 316 g/mol. The second-order valence-electron chi connectivity index (χ2n) is 5.62. The number of likely N-dealkylation sites (tertiary alicyclic amines) is 1. The topological polar surface area (TPSA) is 67.2 Å². The molecule has 1 N–H and O–H groups in total. The van der Waals surface area contributed by atoms with Gasteiger partial charge in [-0.15, -0.1) is 0 Å². The summed E-state index contributed by atoms with van der Waals surface area (Å²) in [6, 6.07) is 7.54. The molecule has 1 saturated heterocycles. The Kier molecular flexibility index (Phi) is 4.10. The van der Waals surface area contributed by atoms with Crippen molar-refractivity contribution in [1.29, 1.82) is 0 Å². The maximum absolute atomic E-state index is 13.2. The second-order valence-corrected chi connectivity index (χ2v) is 5.62. The SMILES string of the molecule is Cn1nccc1C(=O)NC1CC(=O)N(Cc2cccc(F)c2)C1. The third-order valence-electron chi connectivity index (χ3n) is 3.87. The van der Waals surface area contributed by atoms with Crippen molar-refractivity contribution in [3.05, 3.63) is 53.6 Å². The summed E-state index contributed by atoms with van der Waals surface area (Å²) in [5.74, 6) is -0.629. The lowest BCUT2D eigenvalue weighted by Crippen LogP contribution is -2.37. The summed E-state index contributed by atoms with van der Waals surface area (Å²) < 4.78 is 14.7. The van der Waals surface area contributed by atoms with Gasteiger partial charge in [-0.3, -0.25) is 14.3 Å². The van der Waals surface area contributed by atoms with Crippen molar-refractivity contribution in [2.45, 2.75) is 19.0 Å². The summed E-state index contributed by atoms with van der Waals surface area (Å²) in [4.78, 5) is 25.8. The Hall–Kier alpha value is -2.70. The van der Waals surface area contributed by atoms with Gasteiger partial charge >= 0.3 is 0 Å². The Morgan fingerprint density at radius 1 is 1.43 bits per heavy atom. The third-order valence-corrected chi connectivity index (χ3v) is 3.87. The quantitative estimate of drug-likeness (QED) is 0.918. The van der Waals surface area contributed by atoms with E-state index in [-0.39, 0.29) is 30.1 Å². The number of halogens is 1. The van der Waals surface area contributed by atoms with Crippen LogP contribution in [0.25, 0.3) is 0 Å². The van der Waals surface area contributed by atoms with Crippen LogP contribution in [-0.2, 0) is 18.4 Å². The van der Waals surface area contributed by atoms with Gasteiger partial charge in [0.25, 0.3) is 5.91 Å². The van der Waals surface area contributed by atoms with E-state index in [1.165, 1.54) is 16.8 Å². The van der Waals surface area contributed by atoms with Crippen LogP contribution in [0.2, 0.25) is 0 Å². The smallest absolute Gasteiger partial charge is 0.269 e. The minimum Gasteiger partial charge on any atom is -0.346 e. The fourth-order valence-corrected chi connectivity index (χ4v) is 2.73. The standard InChI is InChI=1S/C16H17FN4O2/c1-20-14(5-6-18-20)16(23)19-13-8-15(22)21(10-13)9-11-3-2-4-12(17)7-11/h2-7,13H,8-10H2,1H3,(H,19,23). The molecular formula is C16H17FN4O2.